The van der Waals surface area contributed by atoms with Gasteiger partial charge in [0.25, 0.3) is 0 Å². The molecule has 5 heteroatoms. The second-order valence-corrected chi connectivity index (χ2v) is 4.87. The third kappa shape index (κ3) is 4.37. The van der Waals surface area contributed by atoms with Gasteiger partial charge in [-0.25, -0.2) is 0 Å². The molecule has 0 heterocycles. The topological polar surface area (TPSA) is 51.2 Å². The Balaban J connectivity index is 2.74. The number of likely N-dealkylation sites (N-methyl/N-ethyl adjacent to an activating group) is 1. The number of hydrogen-bond acceptors (Lipinski definition) is 5. The molecule has 1 rings (SSSR count). The fraction of sp³-hybridized carbons (Fsp3) is 0.600. The van der Waals surface area contributed by atoms with Crippen molar-refractivity contribution < 1.29 is 19.3 Å². The molecule has 0 aromatic heterocycles. The molecule has 20 heavy (non-hydrogen) atoms. The standard InChI is InChI=1S/C15H25NO4/c1-11(10-18-3)16(2)9-13(17)12-6-7-14(19-4)15(8-12)20-5/h6-8,11,13,17H,9-10H2,1-5H3. The molecule has 0 spiro atoms. The molecule has 0 aliphatic heterocycles. The number of ether oxygens (including phenoxy) is 3. The van der Waals surface area contributed by atoms with Crippen molar-refractivity contribution in [2.24, 2.45) is 0 Å². The normalized spacial score (nSPS) is 14.2. The molecule has 0 radical (unpaired) electrons. The minimum Gasteiger partial charge on any atom is -0.493 e. The van der Waals surface area contributed by atoms with Crippen LogP contribution in [0.5, 0.6) is 11.5 Å². The Morgan fingerprint density at radius 2 is 1.80 bits per heavy atom. The Kier molecular flexibility index (Phi) is 6.78. The number of rotatable bonds is 8. The highest BCUT2D eigenvalue weighted by molar-refractivity contribution is 5.43. The highest BCUT2D eigenvalue weighted by atomic mass is 16.5. The van der Waals surface area contributed by atoms with Gasteiger partial charge in [-0.1, -0.05) is 6.07 Å². The fourth-order valence-electron chi connectivity index (χ4n) is 1.99. The summed E-state index contributed by atoms with van der Waals surface area (Å²) in [6, 6.07) is 5.70. The van der Waals surface area contributed by atoms with E-state index in [1.807, 2.05) is 13.1 Å². The lowest BCUT2D eigenvalue weighted by atomic mass is 10.1. The Labute approximate surface area is 121 Å². The third-order valence-corrected chi connectivity index (χ3v) is 3.41. The Morgan fingerprint density at radius 3 is 2.35 bits per heavy atom. The molecule has 0 saturated heterocycles. The van der Waals surface area contributed by atoms with Crippen molar-refractivity contribution in [3.8, 4) is 11.5 Å². The van der Waals surface area contributed by atoms with Gasteiger partial charge in [0.05, 0.1) is 26.9 Å². The fourth-order valence-corrected chi connectivity index (χ4v) is 1.99. The van der Waals surface area contributed by atoms with Crippen LogP contribution < -0.4 is 9.47 Å². The second-order valence-electron chi connectivity index (χ2n) is 4.87. The highest BCUT2D eigenvalue weighted by Crippen LogP contribution is 2.30. The lowest BCUT2D eigenvalue weighted by molar-refractivity contribution is 0.0708. The van der Waals surface area contributed by atoms with Crippen LogP contribution in [0, 0.1) is 0 Å². The van der Waals surface area contributed by atoms with E-state index in [1.54, 1.807) is 33.5 Å². The van der Waals surface area contributed by atoms with Crippen molar-refractivity contribution in [1.82, 2.24) is 4.90 Å². The summed E-state index contributed by atoms with van der Waals surface area (Å²) < 4.78 is 15.6. The molecular weight excluding hydrogens is 258 g/mol. The predicted octanol–water partition coefficient (Wildman–Crippen LogP) is 1.70. The van der Waals surface area contributed by atoms with Crippen molar-refractivity contribution in [2.45, 2.75) is 19.1 Å². The number of nitrogens with zero attached hydrogens (tertiary/aromatic N) is 1. The average molecular weight is 283 g/mol. The molecule has 0 aliphatic carbocycles. The zero-order valence-electron chi connectivity index (χ0n) is 12.9. The zero-order valence-corrected chi connectivity index (χ0v) is 12.9. The van der Waals surface area contributed by atoms with Gasteiger partial charge in [0.15, 0.2) is 11.5 Å². The maximum absolute atomic E-state index is 10.3. The molecular formula is C15H25NO4. The van der Waals surface area contributed by atoms with E-state index >= 15 is 0 Å². The zero-order chi connectivity index (χ0) is 15.1. The van der Waals surface area contributed by atoms with Crippen LogP contribution in [-0.4, -0.2) is 57.6 Å². The van der Waals surface area contributed by atoms with E-state index in [-0.39, 0.29) is 6.04 Å². The summed E-state index contributed by atoms with van der Waals surface area (Å²) in [4.78, 5) is 2.06. The van der Waals surface area contributed by atoms with E-state index in [2.05, 4.69) is 11.8 Å². The van der Waals surface area contributed by atoms with Crippen molar-refractivity contribution in [3.63, 3.8) is 0 Å². The summed E-state index contributed by atoms with van der Waals surface area (Å²) in [5.74, 6) is 1.28. The molecule has 0 saturated carbocycles. The van der Waals surface area contributed by atoms with Crippen LogP contribution in [0.4, 0.5) is 0 Å². The van der Waals surface area contributed by atoms with E-state index in [0.717, 1.165) is 5.56 Å². The molecule has 1 aromatic rings. The second kappa shape index (κ2) is 8.09. The van der Waals surface area contributed by atoms with Gasteiger partial charge in [-0.15, -0.1) is 0 Å². The Morgan fingerprint density at radius 1 is 1.15 bits per heavy atom. The van der Waals surface area contributed by atoms with Gasteiger partial charge in [-0.3, -0.25) is 4.90 Å². The van der Waals surface area contributed by atoms with Gasteiger partial charge < -0.3 is 19.3 Å². The molecule has 0 fully saturated rings. The van der Waals surface area contributed by atoms with Gasteiger partial charge in [0.1, 0.15) is 0 Å². The maximum atomic E-state index is 10.3. The van der Waals surface area contributed by atoms with Crippen LogP contribution in [0.1, 0.15) is 18.6 Å². The van der Waals surface area contributed by atoms with Crippen LogP contribution in [0.3, 0.4) is 0 Å². The molecule has 1 aromatic carbocycles. The van der Waals surface area contributed by atoms with Crippen LogP contribution in [0.25, 0.3) is 0 Å². The maximum Gasteiger partial charge on any atom is 0.161 e. The smallest absolute Gasteiger partial charge is 0.161 e. The molecule has 0 amide bonds. The van der Waals surface area contributed by atoms with Crippen LogP contribution in [-0.2, 0) is 4.74 Å². The molecule has 114 valence electrons. The van der Waals surface area contributed by atoms with Gasteiger partial charge >= 0.3 is 0 Å². The summed E-state index contributed by atoms with van der Waals surface area (Å²) >= 11 is 0. The summed E-state index contributed by atoms with van der Waals surface area (Å²) in [6.45, 7) is 3.22. The SMILES string of the molecule is COCC(C)N(C)CC(O)c1ccc(OC)c(OC)c1. The lowest BCUT2D eigenvalue weighted by Gasteiger charge is -2.26. The number of benzene rings is 1. The van der Waals surface area contributed by atoms with Crippen molar-refractivity contribution >= 4 is 0 Å². The lowest BCUT2D eigenvalue weighted by Crippen LogP contribution is -2.35. The quantitative estimate of drug-likeness (QED) is 0.787. The highest BCUT2D eigenvalue weighted by Gasteiger charge is 2.16. The van der Waals surface area contributed by atoms with E-state index in [1.165, 1.54) is 0 Å². The molecule has 5 nitrogen and oxygen atoms in total. The molecule has 0 aliphatic rings. The summed E-state index contributed by atoms with van der Waals surface area (Å²) in [5.41, 5.74) is 0.805. The van der Waals surface area contributed by atoms with E-state index < -0.39 is 6.10 Å². The average Bonchev–Trinajstić information content (AvgIpc) is 2.46. The van der Waals surface area contributed by atoms with E-state index in [4.69, 9.17) is 14.2 Å². The first-order chi connectivity index (χ1) is 9.53. The Bertz CT molecular complexity index is 411. The molecule has 0 bridgehead atoms. The van der Waals surface area contributed by atoms with Gasteiger partial charge in [0, 0.05) is 19.7 Å². The van der Waals surface area contributed by atoms with Gasteiger partial charge in [-0.2, -0.15) is 0 Å². The number of aliphatic hydroxyl groups excluding tert-OH is 1. The molecule has 1 N–H and O–H groups in total. The molecule has 2 atom stereocenters. The first kappa shape index (κ1) is 16.8. The van der Waals surface area contributed by atoms with E-state index in [0.29, 0.717) is 24.7 Å². The van der Waals surface area contributed by atoms with Crippen molar-refractivity contribution in [1.29, 1.82) is 0 Å². The first-order valence-electron chi connectivity index (χ1n) is 6.62. The van der Waals surface area contributed by atoms with Crippen LogP contribution in [0.15, 0.2) is 18.2 Å². The van der Waals surface area contributed by atoms with Gasteiger partial charge in [-0.05, 0) is 31.7 Å². The number of methoxy groups -OCH3 is 3. The summed E-state index contributed by atoms with van der Waals surface area (Å²) in [7, 11) is 6.82. The van der Waals surface area contributed by atoms with Crippen molar-refractivity contribution in [2.75, 3.05) is 41.5 Å². The first-order valence-corrected chi connectivity index (χ1v) is 6.62. The largest absolute Gasteiger partial charge is 0.493 e. The van der Waals surface area contributed by atoms with Crippen LogP contribution in [0.2, 0.25) is 0 Å². The summed E-state index contributed by atoms with van der Waals surface area (Å²) in [5, 5.41) is 10.3. The number of aliphatic hydroxyl groups is 1. The predicted molar refractivity (Wildman–Crippen MR) is 78.5 cm³/mol. The Hall–Kier alpha value is -1.30. The number of hydrogen-bond donors (Lipinski definition) is 1. The minimum atomic E-state index is -0.584. The van der Waals surface area contributed by atoms with Crippen molar-refractivity contribution in [3.05, 3.63) is 23.8 Å². The third-order valence-electron chi connectivity index (χ3n) is 3.41. The van der Waals surface area contributed by atoms with Gasteiger partial charge in [0.2, 0.25) is 0 Å². The summed E-state index contributed by atoms with van der Waals surface area (Å²) in [6.07, 6.45) is -0.584. The minimum absolute atomic E-state index is 0.245. The molecule has 2 unspecified atom stereocenters. The van der Waals surface area contributed by atoms with E-state index in [9.17, 15) is 5.11 Å². The van der Waals surface area contributed by atoms with Crippen LogP contribution >= 0.6 is 0 Å². The monoisotopic (exact) mass is 283 g/mol.